The highest BCUT2D eigenvalue weighted by Gasteiger charge is 2.12. The van der Waals surface area contributed by atoms with Gasteiger partial charge in [-0.3, -0.25) is 10.1 Å². The summed E-state index contributed by atoms with van der Waals surface area (Å²) in [5, 5.41) is 11.9. The molecule has 0 heterocycles. The number of esters is 1. The number of benzene rings is 1. The highest BCUT2D eigenvalue weighted by molar-refractivity contribution is 5.71. The molecular weight excluding hydrogens is 228 g/mol. The number of nitrogens with zero attached hydrogens (tertiary/aromatic N) is 1. The third kappa shape index (κ3) is 3.86. The minimum Gasteiger partial charge on any atom is -0.468 e. The van der Waals surface area contributed by atoms with Crippen LogP contribution in [0.25, 0.3) is 0 Å². The van der Waals surface area contributed by atoms with Crippen molar-refractivity contribution in [3.8, 4) is 6.07 Å². The Morgan fingerprint density at radius 1 is 1.33 bits per heavy atom. The van der Waals surface area contributed by atoms with E-state index in [4.69, 9.17) is 5.26 Å². The van der Waals surface area contributed by atoms with Crippen LogP contribution in [0.4, 0.5) is 0 Å². The number of hydrogen-bond donors (Lipinski definition) is 1. The van der Waals surface area contributed by atoms with E-state index in [0.29, 0.717) is 5.92 Å². The number of nitrogens with one attached hydrogen (secondary N) is 1. The van der Waals surface area contributed by atoms with Crippen LogP contribution in [0.2, 0.25) is 0 Å². The fourth-order valence-electron chi connectivity index (χ4n) is 1.57. The van der Waals surface area contributed by atoms with Gasteiger partial charge in [-0.1, -0.05) is 38.1 Å². The second kappa shape index (κ2) is 6.77. The molecule has 96 valence electrons. The van der Waals surface area contributed by atoms with Crippen molar-refractivity contribution in [2.24, 2.45) is 0 Å². The molecule has 1 rings (SSSR count). The first kappa shape index (κ1) is 14.2. The molecule has 1 N–H and O–H groups in total. The first-order valence-corrected chi connectivity index (χ1v) is 5.88. The Labute approximate surface area is 108 Å². The summed E-state index contributed by atoms with van der Waals surface area (Å²) in [6.45, 7) is 4.26. The molecule has 0 amide bonds. The molecule has 1 atom stereocenters. The fraction of sp³-hybridized carbons (Fsp3) is 0.429. The molecule has 0 aliphatic rings. The van der Waals surface area contributed by atoms with Crippen LogP contribution < -0.4 is 5.32 Å². The van der Waals surface area contributed by atoms with Crippen molar-refractivity contribution in [3.63, 3.8) is 0 Å². The van der Waals surface area contributed by atoms with E-state index in [2.05, 4.69) is 30.0 Å². The second-order valence-electron chi connectivity index (χ2n) is 4.34. The van der Waals surface area contributed by atoms with Gasteiger partial charge in [0.1, 0.15) is 6.04 Å². The van der Waals surface area contributed by atoms with Crippen molar-refractivity contribution in [2.45, 2.75) is 25.8 Å². The van der Waals surface area contributed by atoms with Gasteiger partial charge in [0.25, 0.3) is 0 Å². The summed E-state index contributed by atoms with van der Waals surface area (Å²) in [5.41, 5.74) is 2.08. The van der Waals surface area contributed by atoms with E-state index in [1.807, 2.05) is 24.3 Å². The van der Waals surface area contributed by atoms with Gasteiger partial charge in [-0.25, -0.2) is 0 Å². The second-order valence-corrected chi connectivity index (χ2v) is 4.34. The van der Waals surface area contributed by atoms with Crippen molar-refractivity contribution in [1.29, 1.82) is 5.26 Å². The smallest absolute Gasteiger partial charge is 0.319 e. The molecule has 1 unspecified atom stereocenters. The summed E-state index contributed by atoms with van der Waals surface area (Å²) in [5.74, 6) is 0.0802. The fourth-order valence-corrected chi connectivity index (χ4v) is 1.57. The van der Waals surface area contributed by atoms with E-state index in [-0.39, 0.29) is 12.5 Å². The summed E-state index contributed by atoms with van der Waals surface area (Å²) in [6, 6.07) is 9.46. The van der Waals surface area contributed by atoms with E-state index < -0.39 is 6.04 Å². The van der Waals surface area contributed by atoms with Crippen LogP contribution in [-0.4, -0.2) is 19.6 Å². The molecule has 0 spiro atoms. The Bertz CT molecular complexity index is 432. The molecule has 0 saturated heterocycles. The standard InChI is InChI=1S/C14H18N2O2/c1-10(2)11-4-6-12(7-5-11)13(8-15)16-9-14(17)18-3/h4-7,10,13,16H,9H2,1-3H3. The quantitative estimate of drug-likeness (QED) is 0.808. The van der Waals surface area contributed by atoms with E-state index in [1.165, 1.54) is 12.7 Å². The van der Waals surface area contributed by atoms with Gasteiger partial charge >= 0.3 is 5.97 Å². The average Bonchev–Trinajstić information content (AvgIpc) is 2.39. The lowest BCUT2D eigenvalue weighted by molar-refractivity contribution is -0.139. The predicted molar refractivity (Wildman–Crippen MR) is 68.9 cm³/mol. The van der Waals surface area contributed by atoms with Crippen molar-refractivity contribution in [3.05, 3.63) is 35.4 Å². The maximum atomic E-state index is 11.0. The van der Waals surface area contributed by atoms with Gasteiger partial charge in [0.15, 0.2) is 0 Å². The molecule has 0 bridgehead atoms. The Morgan fingerprint density at radius 3 is 2.33 bits per heavy atom. The Hall–Kier alpha value is -1.86. The lowest BCUT2D eigenvalue weighted by atomic mass is 9.99. The number of carbonyl (C=O) groups excluding carboxylic acids is 1. The van der Waals surface area contributed by atoms with Gasteiger partial charge in [0.05, 0.1) is 19.7 Å². The van der Waals surface area contributed by atoms with Crippen LogP contribution in [-0.2, 0) is 9.53 Å². The van der Waals surface area contributed by atoms with Crippen LogP contribution in [0, 0.1) is 11.3 Å². The van der Waals surface area contributed by atoms with Crippen molar-refractivity contribution in [1.82, 2.24) is 5.32 Å². The molecule has 1 aromatic carbocycles. The Morgan fingerprint density at radius 2 is 1.89 bits per heavy atom. The number of hydrogen-bond acceptors (Lipinski definition) is 4. The number of ether oxygens (including phenoxy) is 1. The van der Waals surface area contributed by atoms with Crippen LogP contribution in [0.15, 0.2) is 24.3 Å². The number of methoxy groups -OCH3 is 1. The van der Waals surface area contributed by atoms with Crippen LogP contribution in [0.3, 0.4) is 0 Å². The summed E-state index contributed by atoms with van der Waals surface area (Å²) >= 11 is 0. The Kier molecular flexibility index (Phi) is 5.34. The maximum absolute atomic E-state index is 11.0. The largest absolute Gasteiger partial charge is 0.468 e. The molecule has 0 fully saturated rings. The van der Waals surface area contributed by atoms with Crippen molar-refractivity contribution < 1.29 is 9.53 Å². The van der Waals surface area contributed by atoms with Gasteiger partial charge < -0.3 is 4.74 Å². The molecule has 18 heavy (non-hydrogen) atoms. The first-order chi connectivity index (χ1) is 8.58. The van der Waals surface area contributed by atoms with E-state index in [1.54, 1.807) is 0 Å². The van der Waals surface area contributed by atoms with Gasteiger partial charge in [-0.2, -0.15) is 5.26 Å². The lowest BCUT2D eigenvalue weighted by Crippen LogP contribution is -2.27. The molecule has 0 aromatic heterocycles. The number of nitriles is 1. The van der Waals surface area contributed by atoms with Crippen LogP contribution in [0.1, 0.15) is 36.9 Å². The molecule has 0 aliphatic carbocycles. The normalized spacial score (nSPS) is 11.9. The molecule has 4 heteroatoms. The first-order valence-electron chi connectivity index (χ1n) is 5.88. The summed E-state index contributed by atoms with van der Waals surface area (Å²) in [4.78, 5) is 11.0. The molecule has 1 aromatic rings. The maximum Gasteiger partial charge on any atom is 0.319 e. The molecule has 0 aliphatic heterocycles. The minimum atomic E-state index is -0.495. The number of carbonyl (C=O) groups is 1. The molecular formula is C14H18N2O2. The van der Waals surface area contributed by atoms with E-state index in [0.717, 1.165) is 5.56 Å². The van der Waals surface area contributed by atoms with Crippen molar-refractivity contribution in [2.75, 3.05) is 13.7 Å². The van der Waals surface area contributed by atoms with E-state index >= 15 is 0 Å². The SMILES string of the molecule is COC(=O)CNC(C#N)c1ccc(C(C)C)cc1. The summed E-state index contributed by atoms with van der Waals surface area (Å²) < 4.78 is 4.52. The van der Waals surface area contributed by atoms with Gasteiger partial charge in [-0.05, 0) is 17.0 Å². The van der Waals surface area contributed by atoms with Gasteiger partial charge in [-0.15, -0.1) is 0 Å². The Balaban J connectivity index is 2.71. The van der Waals surface area contributed by atoms with Gasteiger partial charge in [0, 0.05) is 0 Å². The summed E-state index contributed by atoms with van der Waals surface area (Å²) in [6.07, 6.45) is 0. The minimum absolute atomic E-state index is 0.0284. The molecule has 0 saturated carbocycles. The molecule has 0 radical (unpaired) electrons. The molecule has 4 nitrogen and oxygen atoms in total. The zero-order chi connectivity index (χ0) is 13.5. The van der Waals surface area contributed by atoms with Gasteiger partial charge in [0.2, 0.25) is 0 Å². The highest BCUT2D eigenvalue weighted by Crippen LogP contribution is 2.18. The monoisotopic (exact) mass is 246 g/mol. The summed E-state index contributed by atoms with van der Waals surface area (Å²) in [7, 11) is 1.32. The third-order valence-corrected chi connectivity index (χ3v) is 2.74. The third-order valence-electron chi connectivity index (χ3n) is 2.74. The van der Waals surface area contributed by atoms with Crippen LogP contribution >= 0.6 is 0 Å². The number of rotatable bonds is 5. The van der Waals surface area contributed by atoms with Crippen molar-refractivity contribution >= 4 is 5.97 Å². The zero-order valence-corrected chi connectivity index (χ0v) is 10.9. The zero-order valence-electron chi connectivity index (χ0n) is 10.9. The topological polar surface area (TPSA) is 62.1 Å². The van der Waals surface area contributed by atoms with E-state index in [9.17, 15) is 4.79 Å². The highest BCUT2D eigenvalue weighted by atomic mass is 16.5. The average molecular weight is 246 g/mol. The predicted octanol–water partition coefficient (Wildman–Crippen LogP) is 2.14. The van der Waals surface area contributed by atoms with Crippen LogP contribution in [0.5, 0.6) is 0 Å². The lowest BCUT2D eigenvalue weighted by Gasteiger charge is -2.12.